The molecule has 1 saturated carbocycles. The molecule has 2 nitrogen and oxygen atoms in total. The summed E-state index contributed by atoms with van der Waals surface area (Å²) < 4.78 is 0. The van der Waals surface area contributed by atoms with E-state index in [4.69, 9.17) is 5.73 Å². The zero-order valence-electron chi connectivity index (χ0n) is 10.2. The van der Waals surface area contributed by atoms with Crippen molar-refractivity contribution in [1.82, 2.24) is 4.90 Å². The highest BCUT2D eigenvalue weighted by Gasteiger charge is 2.37. The average molecular weight is 198 g/mol. The zero-order chi connectivity index (χ0) is 10.8. The largest absolute Gasteiger partial charge is 0.327 e. The van der Waals surface area contributed by atoms with Crippen molar-refractivity contribution in [3.8, 4) is 0 Å². The Kier molecular flexibility index (Phi) is 3.96. The zero-order valence-corrected chi connectivity index (χ0v) is 10.2. The third-order valence-electron chi connectivity index (χ3n) is 3.86. The molecular formula is C12H26N2. The molecule has 2 N–H and O–H groups in total. The Balaban J connectivity index is 2.56. The van der Waals surface area contributed by atoms with Gasteiger partial charge in [-0.2, -0.15) is 0 Å². The smallest absolute Gasteiger partial charge is 0.0105 e. The summed E-state index contributed by atoms with van der Waals surface area (Å²) in [5.41, 5.74) is 6.55. The quantitative estimate of drug-likeness (QED) is 0.750. The Hall–Kier alpha value is -0.0800. The molecule has 2 atom stereocenters. The SMILES string of the molecule is CCN(CC1(C)CCCC1N)C(C)C. The molecule has 1 fully saturated rings. The number of rotatable bonds is 4. The van der Waals surface area contributed by atoms with E-state index in [0.29, 0.717) is 17.5 Å². The third kappa shape index (κ3) is 2.48. The molecule has 84 valence electrons. The van der Waals surface area contributed by atoms with Crippen molar-refractivity contribution in [3.05, 3.63) is 0 Å². The van der Waals surface area contributed by atoms with Crippen molar-refractivity contribution in [2.45, 2.75) is 59.0 Å². The summed E-state index contributed by atoms with van der Waals surface area (Å²) in [5.74, 6) is 0. The highest BCUT2D eigenvalue weighted by atomic mass is 15.1. The van der Waals surface area contributed by atoms with Gasteiger partial charge in [0.05, 0.1) is 0 Å². The van der Waals surface area contributed by atoms with Crippen molar-refractivity contribution in [2.24, 2.45) is 11.1 Å². The summed E-state index contributed by atoms with van der Waals surface area (Å²) in [4.78, 5) is 2.53. The normalized spacial score (nSPS) is 33.2. The van der Waals surface area contributed by atoms with Gasteiger partial charge >= 0.3 is 0 Å². The van der Waals surface area contributed by atoms with Gasteiger partial charge in [0.15, 0.2) is 0 Å². The molecule has 0 aromatic heterocycles. The molecule has 14 heavy (non-hydrogen) atoms. The van der Waals surface area contributed by atoms with E-state index in [9.17, 15) is 0 Å². The number of nitrogens with zero attached hydrogens (tertiary/aromatic N) is 1. The van der Waals surface area contributed by atoms with Gasteiger partial charge in [-0.1, -0.05) is 20.3 Å². The van der Waals surface area contributed by atoms with Crippen molar-refractivity contribution >= 4 is 0 Å². The van der Waals surface area contributed by atoms with E-state index in [2.05, 4.69) is 32.6 Å². The molecule has 2 heteroatoms. The second kappa shape index (κ2) is 4.63. The highest BCUT2D eigenvalue weighted by molar-refractivity contribution is 4.93. The number of nitrogens with two attached hydrogens (primary N) is 1. The van der Waals surface area contributed by atoms with Gasteiger partial charge in [0.1, 0.15) is 0 Å². The molecule has 1 rings (SSSR count). The van der Waals surface area contributed by atoms with E-state index in [1.807, 2.05) is 0 Å². The monoisotopic (exact) mass is 198 g/mol. The second-order valence-electron chi connectivity index (χ2n) is 5.31. The van der Waals surface area contributed by atoms with E-state index in [0.717, 1.165) is 6.54 Å². The first-order valence-electron chi connectivity index (χ1n) is 5.99. The van der Waals surface area contributed by atoms with Crippen molar-refractivity contribution in [1.29, 1.82) is 0 Å². The first kappa shape index (κ1) is 12.0. The van der Waals surface area contributed by atoms with Gasteiger partial charge in [0.25, 0.3) is 0 Å². The predicted molar refractivity (Wildman–Crippen MR) is 62.3 cm³/mol. The molecule has 1 aliphatic carbocycles. The fourth-order valence-electron chi connectivity index (χ4n) is 2.58. The van der Waals surface area contributed by atoms with Crippen molar-refractivity contribution in [2.75, 3.05) is 13.1 Å². The van der Waals surface area contributed by atoms with E-state index in [1.165, 1.54) is 25.8 Å². The summed E-state index contributed by atoms with van der Waals surface area (Å²) in [6, 6.07) is 1.06. The van der Waals surface area contributed by atoms with Crippen LogP contribution in [0.15, 0.2) is 0 Å². The maximum atomic E-state index is 6.19. The third-order valence-corrected chi connectivity index (χ3v) is 3.86. The molecule has 2 unspecified atom stereocenters. The lowest BCUT2D eigenvalue weighted by atomic mass is 9.84. The summed E-state index contributed by atoms with van der Waals surface area (Å²) in [6.07, 6.45) is 3.83. The fraction of sp³-hybridized carbons (Fsp3) is 1.00. The lowest BCUT2D eigenvalue weighted by molar-refractivity contribution is 0.130. The Bertz CT molecular complexity index is 179. The number of hydrogen-bond donors (Lipinski definition) is 1. The van der Waals surface area contributed by atoms with E-state index in [1.54, 1.807) is 0 Å². The minimum atomic E-state index is 0.361. The summed E-state index contributed by atoms with van der Waals surface area (Å²) in [6.45, 7) is 11.4. The summed E-state index contributed by atoms with van der Waals surface area (Å²) in [5, 5.41) is 0. The molecular weight excluding hydrogens is 172 g/mol. The average Bonchev–Trinajstić information content (AvgIpc) is 2.43. The minimum absolute atomic E-state index is 0.361. The Labute approximate surface area is 88.8 Å². The second-order valence-corrected chi connectivity index (χ2v) is 5.31. The first-order valence-corrected chi connectivity index (χ1v) is 5.99. The molecule has 0 radical (unpaired) electrons. The molecule has 1 aliphatic rings. The van der Waals surface area contributed by atoms with Crippen LogP contribution in [0.5, 0.6) is 0 Å². The van der Waals surface area contributed by atoms with E-state index in [-0.39, 0.29) is 0 Å². The van der Waals surface area contributed by atoms with Crippen LogP contribution in [0.1, 0.15) is 47.0 Å². The fourth-order valence-corrected chi connectivity index (χ4v) is 2.58. The summed E-state index contributed by atoms with van der Waals surface area (Å²) in [7, 11) is 0. The van der Waals surface area contributed by atoms with Crippen LogP contribution in [0.4, 0.5) is 0 Å². The maximum absolute atomic E-state index is 6.19. The first-order chi connectivity index (χ1) is 6.49. The van der Waals surface area contributed by atoms with Gasteiger partial charge in [0.2, 0.25) is 0 Å². The molecule has 0 heterocycles. The molecule has 0 aromatic rings. The lowest BCUT2D eigenvalue weighted by Gasteiger charge is -2.37. The summed E-state index contributed by atoms with van der Waals surface area (Å²) >= 11 is 0. The van der Waals surface area contributed by atoms with Crippen molar-refractivity contribution in [3.63, 3.8) is 0 Å². The molecule has 0 aromatic carbocycles. The molecule has 0 spiro atoms. The van der Waals surface area contributed by atoms with Gasteiger partial charge in [-0.25, -0.2) is 0 Å². The van der Waals surface area contributed by atoms with Crippen LogP contribution in [-0.2, 0) is 0 Å². The Morgan fingerprint density at radius 3 is 2.50 bits per heavy atom. The Morgan fingerprint density at radius 1 is 1.50 bits per heavy atom. The van der Waals surface area contributed by atoms with Crippen LogP contribution in [0, 0.1) is 5.41 Å². The van der Waals surface area contributed by atoms with Crippen molar-refractivity contribution < 1.29 is 0 Å². The van der Waals surface area contributed by atoms with Crippen LogP contribution in [0.3, 0.4) is 0 Å². The number of hydrogen-bond acceptors (Lipinski definition) is 2. The van der Waals surface area contributed by atoms with Gasteiger partial charge in [-0.05, 0) is 38.6 Å². The molecule has 0 amide bonds. The van der Waals surface area contributed by atoms with Crippen LogP contribution >= 0.6 is 0 Å². The Morgan fingerprint density at radius 2 is 2.14 bits per heavy atom. The van der Waals surface area contributed by atoms with Crippen LogP contribution in [0.25, 0.3) is 0 Å². The van der Waals surface area contributed by atoms with Crippen LogP contribution < -0.4 is 5.73 Å². The standard InChI is InChI=1S/C12H26N2/c1-5-14(10(2)3)9-12(4)8-6-7-11(12)13/h10-11H,5-9,13H2,1-4H3. The molecule has 0 saturated heterocycles. The predicted octanol–water partition coefficient (Wildman–Crippen LogP) is 2.23. The maximum Gasteiger partial charge on any atom is 0.0105 e. The topological polar surface area (TPSA) is 29.3 Å². The molecule has 0 bridgehead atoms. The molecule has 0 aliphatic heterocycles. The van der Waals surface area contributed by atoms with Gasteiger partial charge in [0, 0.05) is 18.6 Å². The van der Waals surface area contributed by atoms with E-state index < -0.39 is 0 Å². The van der Waals surface area contributed by atoms with Gasteiger partial charge in [-0.15, -0.1) is 0 Å². The highest BCUT2D eigenvalue weighted by Crippen LogP contribution is 2.37. The van der Waals surface area contributed by atoms with E-state index >= 15 is 0 Å². The van der Waals surface area contributed by atoms with Crippen LogP contribution in [0.2, 0.25) is 0 Å². The van der Waals surface area contributed by atoms with Crippen LogP contribution in [-0.4, -0.2) is 30.1 Å². The van der Waals surface area contributed by atoms with Gasteiger partial charge < -0.3 is 10.6 Å². The lowest BCUT2D eigenvalue weighted by Crippen LogP contribution is -2.46. The van der Waals surface area contributed by atoms with Gasteiger partial charge in [-0.3, -0.25) is 0 Å². The minimum Gasteiger partial charge on any atom is -0.327 e.